The number of carbonyl (C=O) groups excluding carboxylic acids is 1. The van der Waals surface area contributed by atoms with Crippen molar-refractivity contribution in [2.75, 3.05) is 13.1 Å². The number of carbonyl (C=O) groups is 1. The van der Waals surface area contributed by atoms with Crippen LogP contribution in [-0.4, -0.2) is 34.9 Å². The SMILES string of the molecule is CCN(CC)C(=O)C(C)Oc1cc(CN)ccc1[N+](=O)[O-]. The number of hydrogen-bond donors (Lipinski definition) is 1. The van der Waals surface area contributed by atoms with E-state index in [0.717, 1.165) is 0 Å². The van der Waals surface area contributed by atoms with Gasteiger partial charge in [-0.25, -0.2) is 0 Å². The molecule has 0 radical (unpaired) electrons. The molecule has 0 spiro atoms. The smallest absolute Gasteiger partial charge is 0.310 e. The van der Waals surface area contributed by atoms with Crippen LogP contribution in [0.5, 0.6) is 5.75 Å². The first-order valence-corrected chi connectivity index (χ1v) is 6.87. The fourth-order valence-corrected chi connectivity index (χ4v) is 1.96. The van der Waals surface area contributed by atoms with Crippen LogP contribution in [0.4, 0.5) is 5.69 Å². The van der Waals surface area contributed by atoms with Crippen LogP contribution >= 0.6 is 0 Å². The highest BCUT2D eigenvalue weighted by atomic mass is 16.6. The first-order valence-electron chi connectivity index (χ1n) is 6.87. The molecule has 2 N–H and O–H groups in total. The van der Waals surface area contributed by atoms with Crippen LogP contribution in [0, 0.1) is 10.1 Å². The summed E-state index contributed by atoms with van der Waals surface area (Å²) in [5, 5.41) is 11.0. The zero-order valence-electron chi connectivity index (χ0n) is 12.5. The maximum atomic E-state index is 12.2. The molecule has 0 aromatic heterocycles. The zero-order valence-corrected chi connectivity index (χ0v) is 12.5. The minimum Gasteiger partial charge on any atom is -0.474 e. The second-order valence-corrected chi connectivity index (χ2v) is 4.53. The van der Waals surface area contributed by atoms with Crippen LogP contribution in [0.3, 0.4) is 0 Å². The lowest BCUT2D eigenvalue weighted by molar-refractivity contribution is -0.386. The van der Waals surface area contributed by atoms with Crippen molar-refractivity contribution in [2.45, 2.75) is 33.4 Å². The number of benzene rings is 1. The Bertz CT molecular complexity index is 515. The number of hydrogen-bond acceptors (Lipinski definition) is 5. The average molecular weight is 295 g/mol. The average Bonchev–Trinajstić information content (AvgIpc) is 2.47. The molecule has 21 heavy (non-hydrogen) atoms. The third-order valence-electron chi connectivity index (χ3n) is 3.18. The van der Waals surface area contributed by atoms with Crippen molar-refractivity contribution < 1.29 is 14.5 Å². The van der Waals surface area contributed by atoms with E-state index < -0.39 is 11.0 Å². The van der Waals surface area contributed by atoms with Crippen LogP contribution in [0.25, 0.3) is 0 Å². The molecule has 0 bridgehead atoms. The number of rotatable bonds is 7. The normalized spacial score (nSPS) is 11.8. The monoisotopic (exact) mass is 295 g/mol. The summed E-state index contributed by atoms with van der Waals surface area (Å²) in [6, 6.07) is 4.41. The van der Waals surface area contributed by atoms with E-state index in [0.29, 0.717) is 18.7 Å². The van der Waals surface area contributed by atoms with Gasteiger partial charge in [0.15, 0.2) is 11.9 Å². The summed E-state index contributed by atoms with van der Waals surface area (Å²) in [6.07, 6.45) is -0.795. The highest BCUT2D eigenvalue weighted by Gasteiger charge is 2.24. The molecule has 0 saturated carbocycles. The lowest BCUT2D eigenvalue weighted by Crippen LogP contribution is -2.40. The molecule has 1 rings (SSSR count). The summed E-state index contributed by atoms with van der Waals surface area (Å²) in [5.41, 5.74) is 6.06. The fraction of sp³-hybridized carbons (Fsp3) is 0.500. The summed E-state index contributed by atoms with van der Waals surface area (Å²) >= 11 is 0. The number of amides is 1. The van der Waals surface area contributed by atoms with E-state index in [2.05, 4.69) is 0 Å². The van der Waals surface area contributed by atoms with E-state index in [1.807, 2.05) is 13.8 Å². The largest absolute Gasteiger partial charge is 0.474 e. The standard InChI is InChI=1S/C14H21N3O4/c1-4-16(5-2)14(18)10(3)21-13-8-11(9-15)6-7-12(13)17(19)20/h6-8,10H,4-5,9,15H2,1-3H3. The Hall–Kier alpha value is -2.15. The maximum Gasteiger partial charge on any atom is 0.310 e. The highest BCUT2D eigenvalue weighted by molar-refractivity contribution is 5.81. The quantitative estimate of drug-likeness (QED) is 0.609. The summed E-state index contributed by atoms with van der Waals surface area (Å²) in [7, 11) is 0. The lowest BCUT2D eigenvalue weighted by atomic mass is 10.2. The van der Waals surface area contributed by atoms with Crippen molar-refractivity contribution in [2.24, 2.45) is 5.73 Å². The Labute approximate surface area is 123 Å². The van der Waals surface area contributed by atoms with Gasteiger partial charge in [0.2, 0.25) is 0 Å². The highest BCUT2D eigenvalue weighted by Crippen LogP contribution is 2.29. The molecule has 0 heterocycles. The number of nitro groups is 1. The molecular formula is C14H21N3O4. The number of likely N-dealkylation sites (N-methyl/N-ethyl adjacent to an activating group) is 1. The summed E-state index contributed by atoms with van der Waals surface area (Å²) in [5.74, 6) is -0.136. The van der Waals surface area contributed by atoms with Gasteiger partial charge in [-0.3, -0.25) is 14.9 Å². The molecule has 1 aromatic carbocycles. The first kappa shape index (κ1) is 16.9. The number of ether oxygens (including phenoxy) is 1. The van der Waals surface area contributed by atoms with Crippen molar-refractivity contribution in [3.8, 4) is 5.75 Å². The fourth-order valence-electron chi connectivity index (χ4n) is 1.96. The second-order valence-electron chi connectivity index (χ2n) is 4.53. The molecule has 0 aliphatic rings. The van der Waals surface area contributed by atoms with Gasteiger partial charge in [0.05, 0.1) is 4.92 Å². The first-order chi connectivity index (χ1) is 9.94. The van der Waals surface area contributed by atoms with Crippen LogP contribution < -0.4 is 10.5 Å². The minimum absolute atomic E-state index is 0.0657. The Morgan fingerprint density at radius 1 is 1.43 bits per heavy atom. The van der Waals surface area contributed by atoms with Gasteiger partial charge in [-0.05, 0) is 32.4 Å². The van der Waals surface area contributed by atoms with Gasteiger partial charge in [0, 0.05) is 25.7 Å². The van der Waals surface area contributed by atoms with E-state index in [9.17, 15) is 14.9 Å². The van der Waals surface area contributed by atoms with E-state index in [4.69, 9.17) is 10.5 Å². The molecule has 1 unspecified atom stereocenters. The second kappa shape index (κ2) is 7.58. The minimum atomic E-state index is -0.795. The van der Waals surface area contributed by atoms with Crippen LogP contribution in [0.2, 0.25) is 0 Å². The summed E-state index contributed by atoms with van der Waals surface area (Å²) in [6.45, 7) is 6.69. The lowest BCUT2D eigenvalue weighted by Gasteiger charge is -2.23. The predicted octanol–water partition coefficient (Wildman–Crippen LogP) is 1.69. The van der Waals surface area contributed by atoms with Crippen molar-refractivity contribution >= 4 is 11.6 Å². The molecule has 1 aromatic rings. The van der Waals surface area contributed by atoms with E-state index in [-0.39, 0.29) is 23.9 Å². The van der Waals surface area contributed by atoms with Gasteiger partial charge in [0.1, 0.15) is 0 Å². The molecule has 0 aliphatic carbocycles. The van der Waals surface area contributed by atoms with Gasteiger partial charge >= 0.3 is 5.69 Å². The van der Waals surface area contributed by atoms with Crippen molar-refractivity contribution in [1.82, 2.24) is 4.90 Å². The van der Waals surface area contributed by atoms with Gasteiger partial charge < -0.3 is 15.4 Å². The summed E-state index contributed by atoms with van der Waals surface area (Å²) in [4.78, 5) is 24.2. The molecular weight excluding hydrogens is 274 g/mol. The number of nitrogens with two attached hydrogens (primary N) is 1. The van der Waals surface area contributed by atoms with E-state index in [1.54, 1.807) is 17.9 Å². The zero-order chi connectivity index (χ0) is 16.0. The van der Waals surface area contributed by atoms with Crippen molar-refractivity contribution in [1.29, 1.82) is 0 Å². The molecule has 1 atom stereocenters. The number of nitro benzene ring substituents is 1. The Balaban J connectivity index is 3.00. The Morgan fingerprint density at radius 3 is 2.52 bits per heavy atom. The van der Waals surface area contributed by atoms with Crippen LogP contribution in [0.15, 0.2) is 18.2 Å². The Morgan fingerprint density at radius 2 is 2.05 bits per heavy atom. The molecule has 7 nitrogen and oxygen atoms in total. The van der Waals surface area contributed by atoms with E-state index >= 15 is 0 Å². The topological polar surface area (TPSA) is 98.7 Å². The van der Waals surface area contributed by atoms with Gasteiger partial charge in [-0.2, -0.15) is 0 Å². The molecule has 7 heteroatoms. The van der Waals surface area contributed by atoms with Gasteiger partial charge in [0.25, 0.3) is 5.91 Å². The molecule has 0 fully saturated rings. The molecule has 116 valence electrons. The van der Waals surface area contributed by atoms with Crippen molar-refractivity contribution in [3.63, 3.8) is 0 Å². The number of nitrogens with zero attached hydrogens (tertiary/aromatic N) is 2. The van der Waals surface area contributed by atoms with Gasteiger partial charge in [-0.15, -0.1) is 0 Å². The third-order valence-corrected chi connectivity index (χ3v) is 3.18. The van der Waals surface area contributed by atoms with E-state index in [1.165, 1.54) is 12.1 Å². The predicted molar refractivity (Wildman–Crippen MR) is 79.0 cm³/mol. The summed E-state index contributed by atoms with van der Waals surface area (Å²) < 4.78 is 5.51. The Kier molecular flexibility index (Phi) is 6.10. The van der Waals surface area contributed by atoms with Gasteiger partial charge in [-0.1, -0.05) is 6.07 Å². The van der Waals surface area contributed by atoms with Crippen LogP contribution in [-0.2, 0) is 11.3 Å². The molecule has 0 aliphatic heterocycles. The molecule has 0 saturated heterocycles. The molecule has 1 amide bonds. The maximum absolute atomic E-state index is 12.2. The van der Waals surface area contributed by atoms with Crippen LogP contribution in [0.1, 0.15) is 26.3 Å². The third kappa shape index (κ3) is 4.16. The van der Waals surface area contributed by atoms with Crippen molar-refractivity contribution in [3.05, 3.63) is 33.9 Å².